The van der Waals surface area contributed by atoms with Crippen molar-refractivity contribution in [3.05, 3.63) is 29.7 Å². The summed E-state index contributed by atoms with van der Waals surface area (Å²) in [7, 11) is 1.75. The van der Waals surface area contributed by atoms with Crippen LogP contribution in [0.2, 0.25) is 0 Å². The predicted octanol–water partition coefficient (Wildman–Crippen LogP) is 1.43. The number of hydrogen-bond acceptors (Lipinski definition) is 4. The molecule has 1 aliphatic heterocycles. The Morgan fingerprint density at radius 3 is 3.00 bits per heavy atom. The van der Waals surface area contributed by atoms with Crippen LogP contribution in [-0.4, -0.2) is 20.7 Å². The highest BCUT2D eigenvalue weighted by Crippen LogP contribution is 2.31. The van der Waals surface area contributed by atoms with Gasteiger partial charge in [-0.25, -0.2) is 4.98 Å². The molecule has 86 valence electrons. The van der Waals surface area contributed by atoms with E-state index in [1.165, 1.54) is 0 Å². The molecule has 1 aliphatic rings. The summed E-state index contributed by atoms with van der Waals surface area (Å²) in [4.78, 5) is 16.3. The number of pyridine rings is 1. The van der Waals surface area contributed by atoms with Gasteiger partial charge in [-0.15, -0.1) is 0 Å². The van der Waals surface area contributed by atoms with Crippen molar-refractivity contribution in [2.75, 3.05) is 10.6 Å². The average Bonchev–Trinajstić information content (AvgIpc) is 2.49. The Morgan fingerprint density at radius 1 is 1.35 bits per heavy atom. The fraction of sp³-hybridized carbons (Fsp3) is 0.182. The third-order valence-electron chi connectivity index (χ3n) is 2.74. The number of carbonyl (C=O) groups excluding carboxylic acids is 1. The first-order valence-corrected chi connectivity index (χ1v) is 5.24. The number of fused-ring (bicyclic) bond motifs is 2. The normalized spacial score (nSPS) is 13.2. The van der Waals surface area contributed by atoms with Gasteiger partial charge in [0.1, 0.15) is 5.69 Å². The smallest absolute Gasteiger partial charge is 0.276 e. The highest BCUT2D eigenvalue weighted by Gasteiger charge is 2.25. The lowest BCUT2D eigenvalue weighted by molar-refractivity contribution is 0.101. The van der Waals surface area contributed by atoms with Crippen molar-refractivity contribution in [3.63, 3.8) is 0 Å². The predicted molar refractivity (Wildman–Crippen MR) is 63.4 cm³/mol. The fourth-order valence-corrected chi connectivity index (χ4v) is 1.97. The Labute approximate surface area is 97.7 Å². The molecule has 6 nitrogen and oxygen atoms in total. The van der Waals surface area contributed by atoms with E-state index < -0.39 is 0 Å². The first-order valence-electron chi connectivity index (χ1n) is 5.24. The summed E-state index contributed by atoms with van der Waals surface area (Å²) in [6.07, 6.45) is 1.68. The molecular formula is C11H11N5O. The van der Waals surface area contributed by atoms with Gasteiger partial charge in [0.05, 0.1) is 17.1 Å². The second-order valence-electron chi connectivity index (χ2n) is 3.91. The van der Waals surface area contributed by atoms with Crippen molar-refractivity contribution in [1.29, 1.82) is 0 Å². The van der Waals surface area contributed by atoms with Gasteiger partial charge in [-0.1, -0.05) is 0 Å². The summed E-state index contributed by atoms with van der Waals surface area (Å²) in [5, 5.41) is 10.2. The number of aromatic nitrogens is 3. The van der Waals surface area contributed by atoms with Crippen LogP contribution in [0, 0.1) is 6.92 Å². The van der Waals surface area contributed by atoms with E-state index in [9.17, 15) is 4.79 Å². The Bertz CT molecular complexity index is 616. The molecule has 0 aliphatic carbocycles. The SMILES string of the molecule is Cc1nn(C)c2c1Nc1ncccc1NC2=O. The number of aryl methyl sites for hydroxylation is 2. The van der Waals surface area contributed by atoms with Gasteiger partial charge >= 0.3 is 0 Å². The van der Waals surface area contributed by atoms with E-state index in [-0.39, 0.29) is 5.91 Å². The molecule has 17 heavy (non-hydrogen) atoms. The van der Waals surface area contributed by atoms with E-state index in [1.807, 2.05) is 13.0 Å². The van der Waals surface area contributed by atoms with Crippen LogP contribution in [0.3, 0.4) is 0 Å². The summed E-state index contributed by atoms with van der Waals surface area (Å²) >= 11 is 0. The fourth-order valence-electron chi connectivity index (χ4n) is 1.97. The Hall–Kier alpha value is -2.37. The van der Waals surface area contributed by atoms with Gasteiger partial charge < -0.3 is 10.6 Å². The summed E-state index contributed by atoms with van der Waals surface area (Å²) in [6, 6.07) is 3.59. The van der Waals surface area contributed by atoms with E-state index in [1.54, 1.807) is 24.0 Å². The first-order chi connectivity index (χ1) is 8.16. The molecule has 0 radical (unpaired) electrons. The van der Waals surface area contributed by atoms with Gasteiger partial charge in [0.15, 0.2) is 5.82 Å². The second kappa shape index (κ2) is 3.31. The highest BCUT2D eigenvalue weighted by molar-refractivity contribution is 6.10. The second-order valence-corrected chi connectivity index (χ2v) is 3.91. The van der Waals surface area contributed by atoms with Crippen LogP contribution in [0.15, 0.2) is 18.3 Å². The molecule has 0 aromatic carbocycles. The molecule has 0 spiro atoms. The third kappa shape index (κ3) is 1.37. The quantitative estimate of drug-likeness (QED) is 0.716. The number of amides is 1. The number of carbonyl (C=O) groups is 1. The molecule has 0 unspecified atom stereocenters. The molecule has 2 N–H and O–H groups in total. The van der Waals surface area contributed by atoms with Gasteiger partial charge in [0, 0.05) is 13.2 Å². The lowest BCUT2D eigenvalue weighted by Crippen LogP contribution is -2.15. The van der Waals surface area contributed by atoms with Crippen LogP contribution in [0.5, 0.6) is 0 Å². The van der Waals surface area contributed by atoms with Gasteiger partial charge in [-0.05, 0) is 19.1 Å². The lowest BCUT2D eigenvalue weighted by Gasteiger charge is -2.05. The van der Waals surface area contributed by atoms with E-state index in [0.29, 0.717) is 22.9 Å². The Balaban J connectivity index is 2.23. The number of anilines is 3. The molecule has 0 bridgehead atoms. The number of nitrogens with one attached hydrogen (secondary N) is 2. The minimum absolute atomic E-state index is 0.178. The maximum Gasteiger partial charge on any atom is 0.276 e. The number of rotatable bonds is 0. The van der Waals surface area contributed by atoms with Crippen molar-refractivity contribution in [2.24, 2.45) is 7.05 Å². The minimum Gasteiger partial charge on any atom is -0.335 e. The molecule has 0 fully saturated rings. The zero-order chi connectivity index (χ0) is 12.0. The zero-order valence-electron chi connectivity index (χ0n) is 9.48. The van der Waals surface area contributed by atoms with E-state index in [4.69, 9.17) is 0 Å². The van der Waals surface area contributed by atoms with Crippen LogP contribution in [-0.2, 0) is 7.05 Å². The van der Waals surface area contributed by atoms with Gasteiger partial charge in [0.25, 0.3) is 5.91 Å². The van der Waals surface area contributed by atoms with E-state index in [0.717, 1.165) is 5.69 Å². The van der Waals surface area contributed by atoms with Crippen molar-refractivity contribution in [2.45, 2.75) is 6.92 Å². The molecule has 1 amide bonds. The third-order valence-corrected chi connectivity index (χ3v) is 2.74. The minimum atomic E-state index is -0.178. The molecule has 3 rings (SSSR count). The van der Waals surface area contributed by atoms with Crippen molar-refractivity contribution in [1.82, 2.24) is 14.8 Å². The van der Waals surface area contributed by atoms with Gasteiger partial charge in [0.2, 0.25) is 0 Å². The summed E-state index contributed by atoms with van der Waals surface area (Å²) < 4.78 is 1.57. The molecule has 0 saturated heterocycles. The van der Waals surface area contributed by atoms with Gasteiger partial charge in [-0.3, -0.25) is 9.48 Å². The molecule has 6 heteroatoms. The van der Waals surface area contributed by atoms with Crippen LogP contribution in [0.25, 0.3) is 0 Å². The average molecular weight is 229 g/mol. The molecule has 0 atom stereocenters. The summed E-state index contributed by atoms with van der Waals surface area (Å²) in [6.45, 7) is 1.85. The first kappa shape index (κ1) is 9.83. The van der Waals surface area contributed by atoms with Crippen LogP contribution in [0.1, 0.15) is 16.2 Å². The largest absolute Gasteiger partial charge is 0.335 e. The van der Waals surface area contributed by atoms with Crippen molar-refractivity contribution < 1.29 is 4.79 Å². The van der Waals surface area contributed by atoms with Crippen LogP contribution in [0.4, 0.5) is 17.2 Å². The molecule has 3 heterocycles. The maximum absolute atomic E-state index is 12.1. The van der Waals surface area contributed by atoms with Crippen LogP contribution >= 0.6 is 0 Å². The zero-order valence-corrected chi connectivity index (χ0v) is 9.48. The number of hydrogen-bond donors (Lipinski definition) is 2. The van der Waals surface area contributed by atoms with Crippen molar-refractivity contribution >= 4 is 23.1 Å². The standard InChI is InChI=1S/C11H11N5O/c1-6-8-9(16(2)15-6)11(17)13-7-4-3-5-12-10(7)14-8/h3-5H,1-2H3,(H,12,14)(H,13,17). The maximum atomic E-state index is 12.1. The van der Waals surface area contributed by atoms with E-state index >= 15 is 0 Å². The Morgan fingerprint density at radius 2 is 2.18 bits per heavy atom. The van der Waals surface area contributed by atoms with Crippen LogP contribution < -0.4 is 10.6 Å². The summed E-state index contributed by atoms with van der Waals surface area (Å²) in [5.41, 5.74) is 2.67. The van der Waals surface area contributed by atoms with Crippen molar-refractivity contribution in [3.8, 4) is 0 Å². The Kier molecular flexibility index (Phi) is 1.91. The number of nitrogens with zero attached hydrogens (tertiary/aromatic N) is 3. The summed E-state index contributed by atoms with van der Waals surface area (Å²) in [5.74, 6) is 0.457. The molecular weight excluding hydrogens is 218 g/mol. The monoisotopic (exact) mass is 229 g/mol. The molecule has 0 saturated carbocycles. The topological polar surface area (TPSA) is 71.8 Å². The molecule has 2 aromatic rings. The molecule has 2 aromatic heterocycles. The van der Waals surface area contributed by atoms with E-state index in [2.05, 4.69) is 20.7 Å². The van der Waals surface area contributed by atoms with Gasteiger partial charge in [-0.2, -0.15) is 5.10 Å². The highest BCUT2D eigenvalue weighted by atomic mass is 16.2. The lowest BCUT2D eigenvalue weighted by atomic mass is 10.3.